The number of rotatable bonds is 8. The van der Waals surface area contributed by atoms with Crippen LogP contribution in [0.25, 0.3) is 0 Å². The molecule has 2 aromatic rings. The van der Waals surface area contributed by atoms with Crippen molar-refractivity contribution in [3.05, 3.63) is 52.2 Å². The van der Waals surface area contributed by atoms with Crippen molar-refractivity contribution in [3.63, 3.8) is 0 Å². The lowest BCUT2D eigenvalue weighted by atomic mass is 10.1. The van der Waals surface area contributed by atoms with Crippen LogP contribution in [-0.2, 0) is 27.3 Å². The number of nitrogens with zero attached hydrogens (tertiary/aromatic N) is 1. The van der Waals surface area contributed by atoms with Crippen molar-refractivity contribution in [1.29, 1.82) is 0 Å². The molecule has 1 aromatic carbocycles. The third-order valence-electron chi connectivity index (χ3n) is 3.25. The molecule has 8 heteroatoms. The Labute approximate surface area is 147 Å². The molecule has 0 aliphatic rings. The summed E-state index contributed by atoms with van der Waals surface area (Å²) < 4.78 is 33.3. The molecule has 1 aromatic heterocycles. The average molecular weight is 369 g/mol. The molecule has 2 rings (SSSR count). The van der Waals surface area contributed by atoms with Crippen LogP contribution in [0, 0.1) is 0 Å². The summed E-state index contributed by atoms with van der Waals surface area (Å²) in [4.78, 5) is 26.2. The number of hydrogen-bond donors (Lipinski definition) is 0. The first-order valence-corrected chi connectivity index (χ1v) is 8.27. The summed E-state index contributed by atoms with van der Waals surface area (Å²) in [5.74, 6) is -0.861. The minimum absolute atomic E-state index is 0.0116. The molecule has 0 aliphatic carbocycles. The quantitative estimate of drug-likeness (QED) is 0.671. The number of halogens is 2. The van der Waals surface area contributed by atoms with Crippen LogP contribution < -0.4 is 4.74 Å². The van der Waals surface area contributed by atoms with E-state index in [2.05, 4.69) is 4.74 Å². The molecule has 5 nitrogen and oxygen atoms in total. The molecule has 0 unspecified atom stereocenters. The van der Waals surface area contributed by atoms with Crippen LogP contribution in [0.4, 0.5) is 8.78 Å². The Morgan fingerprint density at radius 3 is 2.52 bits per heavy atom. The largest absolute Gasteiger partial charge is 0.455 e. The van der Waals surface area contributed by atoms with E-state index in [9.17, 15) is 18.4 Å². The van der Waals surface area contributed by atoms with Gasteiger partial charge in [-0.2, -0.15) is 8.78 Å². The monoisotopic (exact) mass is 369 g/mol. The highest BCUT2D eigenvalue weighted by molar-refractivity contribution is 7.09. The van der Waals surface area contributed by atoms with E-state index >= 15 is 0 Å². The molecular weight excluding hydrogens is 352 g/mol. The maximum Gasteiger partial charge on any atom is 0.387 e. The highest BCUT2D eigenvalue weighted by Gasteiger charge is 2.13. The van der Waals surface area contributed by atoms with E-state index in [1.54, 1.807) is 18.4 Å². The van der Waals surface area contributed by atoms with E-state index in [0.717, 1.165) is 4.88 Å². The van der Waals surface area contributed by atoms with Gasteiger partial charge in [0.25, 0.3) is 5.91 Å². The Bertz CT molecular complexity index is 689. The van der Waals surface area contributed by atoms with Gasteiger partial charge in [0.15, 0.2) is 6.61 Å². The minimum atomic E-state index is -2.90. The molecule has 0 fully saturated rings. The Hall–Kier alpha value is -2.48. The molecule has 0 spiro atoms. The van der Waals surface area contributed by atoms with E-state index in [0.29, 0.717) is 12.1 Å². The molecule has 1 heterocycles. The third kappa shape index (κ3) is 6.50. The maximum atomic E-state index is 12.1. The molecule has 0 saturated carbocycles. The number of likely N-dealkylation sites (N-methyl/N-ethyl adjacent to an activating group) is 1. The number of thiophene rings is 1. The van der Waals surface area contributed by atoms with Crippen molar-refractivity contribution >= 4 is 23.2 Å². The number of alkyl halides is 2. The molecule has 0 N–H and O–H groups in total. The lowest BCUT2D eigenvalue weighted by molar-refractivity contribution is -0.151. The molecule has 134 valence electrons. The van der Waals surface area contributed by atoms with Gasteiger partial charge < -0.3 is 14.4 Å². The summed E-state index contributed by atoms with van der Waals surface area (Å²) in [5, 5.41) is 1.92. The first-order valence-electron chi connectivity index (χ1n) is 7.40. The lowest BCUT2D eigenvalue weighted by Gasteiger charge is -2.16. The van der Waals surface area contributed by atoms with Crippen molar-refractivity contribution in [3.8, 4) is 5.75 Å². The van der Waals surface area contributed by atoms with Crippen LogP contribution in [0.1, 0.15) is 10.4 Å². The Morgan fingerprint density at radius 1 is 1.20 bits per heavy atom. The van der Waals surface area contributed by atoms with Gasteiger partial charge in [-0.1, -0.05) is 18.2 Å². The first-order chi connectivity index (χ1) is 11.9. The molecule has 0 saturated heterocycles. The predicted molar refractivity (Wildman–Crippen MR) is 88.5 cm³/mol. The fourth-order valence-corrected chi connectivity index (χ4v) is 2.74. The minimum Gasteiger partial charge on any atom is -0.455 e. The van der Waals surface area contributed by atoms with E-state index in [4.69, 9.17) is 4.74 Å². The maximum absolute atomic E-state index is 12.1. The predicted octanol–water partition coefficient (Wildman–Crippen LogP) is 3.09. The lowest BCUT2D eigenvalue weighted by Crippen LogP contribution is -2.30. The molecule has 0 radical (unpaired) electrons. The first kappa shape index (κ1) is 18.9. The number of carbonyl (C=O) groups excluding carboxylic acids is 2. The zero-order valence-electron chi connectivity index (χ0n) is 13.5. The molecule has 25 heavy (non-hydrogen) atoms. The van der Waals surface area contributed by atoms with Gasteiger partial charge in [0, 0.05) is 11.9 Å². The van der Waals surface area contributed by atoms with Gasteiger partial charge in [0.05, 0.1) is 13.0 Å². The molecule has 0 bridgehead atoms. The summed E-state index contributed by atoms with van der Waals surface area (Å²) in [5.41, 5.74) is 0.575. The van der Waals surface area contributed by atoms with Gasteiger partial charge >= 0.3 is 12.6 Å². The molecule has 0 atom stereocenters. The van der Waals surface area contributed by atoms with E-state index < -0.39 is 12.6 Å². The Balaban J connectivity index is 1.75. The number of benzene rings is 1. The number of hydrogen-bond acceptors (Lipinski definition) is 5. The zero-order valence-corrected chi connectivity index (χ0v) is 14.3. The molecule has 0 aliphatic heterocycles. The van der Waals surface area contributed by atoms with Crippen LogP contribution in [-0.4, -0.2) is 37.0 Å². The van der Waals surface area contributed by atoms with Gasteiger partial charge in [-0.25, -0.2) is 0 Å². The summed E-state index contributed by atoms with van der Waals surface area (Å²) >= 11 is 1.54. The summed E-state index contributed by atoms with van der Waals surface area (Å²) in [7, 11) is 1.64. The van der Waals surface area contributed by atoms with E-state index in [1.165, 1.54) is 29.2 Å². The van der Waals surface area contributed by atoms with Gasteiger partial charge in [0.1, 0.15) is 5.75 Å². The van der Waals surface area contributed by atoms with Crippen LogP contribution in [0.15, 0.2) is 41.8 Å². The average Bonchev–Trinajstić information content (AvgIpc) is 3.07. The van der Waals surface area contributed by atoms with E-state index in [-0.39, 0.29) is 24.7 Å². The zero-order chi connectivity index (χ0) is 18.2. The van der Waals surface area contributed by atoms with Crippen LogP contribution >= 0.6 is 11.3 Å². The van der Waals surface area contributed by atoms with Gasteiger partial charge in [-0.15, -0.1) is 11.3 Å². The molecule has 1 amide bonds. The second-order valence-corrected chi connectivity index (χ2v) is 6.22. The normalized spacial score (nSPS) is 10.6. The number of esters is 1. The van der Waals surface area contributed by atoms with Gasteiger partial charge in [-0.3, -0.25) is 9.59 Å². The summed E-state index contributed by atoms with van der Waals surface area (Å²) in [6.07, 6.45) is -0.0587. The van der Waals surface area contributed by atoms with Crippen molar-refractivity contribution in [2.45, 2.75) is 19.6 Å². The fourth-order valence-electron chi connectivity index (χ4n) is 1.98. The van der Waals surface area contributed by atoms with Crippen LogP contribution in [0.2, 0.25) is 0 Å². The number of amides is 1. The highest BCUT2D eigenvalue weighted by atomic mass is 32.1. The summed E-state index contributed by atoms with van der Waals surface area (Å²) in [6, 6.07) is 9.48. The number of ether oxygens (including phenoxy) is 2. The van der Waals surface area contributed by atoms with Gasteiger partial charge in [0.2, 0.25) is 0 Å². The smallest absolute Gasteiger partial charge is 0.387 e. The fraction of sp³-hybridized carbons (Fsp3) is 0.294. The number of carbonyl (C=O) groups is 2. The topological polar surface area (TPSA) is 55.8 Å². The summed E-state index contributed by atoms with van der Waals surface area (Å²) in [6.45, 7) is -2.78. The third-order valence-corrected chi connectivity index (χ3v) is 4.11. The van der Waals surface area contributed by atoms with Crippen molar-refractivity contribution < 1.29 is 27.8 Å². The standard InChI is InChI=1S/C17H17F2NO4S/c1-20(10-14-3-2-8-25-14)15(21)11-23-16(22)9-12-4-6-13(7-5-12)24-17(18)19/h2-8,17H,9-11H2,1H3. The van der Waals surface area contributed by atoms with Crippen molar-refractivity contribution in [2.24, 2.45) is 0 Å². The van der Waals surface area contributed by atoms with Crippen molar-refractivity contribution in [1.82, 2.24) is 4.90 Å². The van der Waals surface area contributed by atoms with Crippen LogP contribution in [0.3, 0.4) is 0 Å². The Kier molecular flexibility index (Phi) is 6.88. The van der Waals surface area contributed by atoms with E-state index in [1.807, 2.05) is 17.5 Å². The van der Waals surface area contributed by atoms with Crippen molar-refractivity contribution in [2.75, 3.05) is 13.7 Å². The van der Waals surface area contributed by atoms with Gasteiger partial charge in [-0.05, 0) is 29.1 Å². The Morgan fingerprint density at radius 2 is 1.92 bits per heavy atom. The molecular formula is C17H17F2NO4S. The van der Waals surface area contributed by atoms with Crippen LogP contribution in [0.5, 0.6) is 5.75 Å². The second-order valence-electron chi connectivity index (χ2n) is 5.19. The second kappa shape index (κ2) is 9.12. The highest BCUT2D eigenvalue weighted by Crippen LogP contribution is 2.15. The SMILES string of the molecule is CN(Cc1cccs1)C(=O)COC(=O)Cc1ccc(OC(F)F)cc1.